The number of piperidine rings is 1. The Hall–Kier alpha value is -1.89. The maximum Gasteiger partial charge on any atom is 0.272 e. The predicted molar refractivity (Wildman–Crippen MR) is 91.0 cm³/mol. The second-order valence-electron chi connectivity index (χ2n) is 7.53. The van der Waals surface area contributed by atoms with Gasteiger partial charge in [-0.1, -0.05) is 6.92 Å². The largest absolute Gasteiger partial charge is 0.370 e. The molecule has 1 saturated carbocycles. The molecule has 136 valence electrons. The topological polar surface area (TPSA) is 76.5 Å². The molecule has 2 fully saturated rings. The molecule has 4 rings (SSSR count). The SMILES string of the molecule is CCC(=O)N1CCC2(CC1)Cc1c(c(C(=O)NC3CC3)nn1C)CO2. The van der Waals surface area contributed by atoms with E-state index in [1.807, 2.05) is 23.6 Å². The average Bonchev–Trinajstić information content (AvgIpc) is 3.38. The molecular weight excluding hydrogens is 320 g/mol. The lowest BCUT2D eigenvalue weighted by molar-refractivity contribution is -0.140. The molecule has 1 aliphatic carbocycles. The Kier molecular flexibility index (Phi) is 4.06. The number of amides is 2. The van der Waals surface area contributed by atoms with Crippen molar-refractivity contribution in [3.63, 3.8) is 0 Å². The highest BCUT2D eigenvalue weighted by Crippen LogP contribution is 2.37. The molecule has 1 aromatic heterocycles. The summed E-state index contributed by atoms with van der Waals surface area (Å²) >= 11 is 0. The molecule has 3 heterocycles. The molecule has 0 bridgehead atoms. The van der Waals surface area contributed by atoms with Crippen molar-refractivity contribution in [1.82, 2.24) is 20.0 Å². The predicted octanol–water partition coefficient (Wildman–Crippen LogP) is 1.16. The Morgan fingerprint density at radius 1 is 1.32 bits per heavy atom. The van der Waals surface area contributed by atoms with Gasteiger partial charge in [0.15, 0.2) is 5.69 Å². The summed E-state index contributed by atoms with van der Waals surface area (Å²) in [6.07, 6.45) is 5.12. The standard InChI is InChI=1S/C18H26N4O3/c1-3-15(23)22-8-6-18(7-9-22)10-14-13(11-25-18)16(20-21(14)2)17(24)19-12-4-5-12/h12H,3-11H2,1-2H3,(H,19,24). The number of fused-ring (bicyclic) bond motifs is 1. The minimum atomic E-state index is -0.227. The quantitative estimate of drug-likeness (QED) is 0.891. The van der Waals surface area contributed by atoms with E-state index in [0.29, 0.717) is 24.8 Å². The van der Waals surface area contributed by atoms with Crippen molar-refractivity contribution in [3.8, 4) is 0 Å². The summed E-state index contributed by atoms with van der Waals surface area (Å²) in [5, 5.41) is 7.48. The molecule has 0 atom stereocenters. The van der Waals surface area contributed by atoms with Crippen molar-refractivity contribution in [3.05, 3.63) is 17.0 Å². The van der Waals surface area contributed by atoms with Crippen LogP contribution >= 0.6 is 0 Å². The van der Waals surface area contributed by atoms with Crippen LogP contribution in [-0.4, -0.2) is 51.2 Å². The monoisotopic (exact) mass is 346 g/mol. The molecule has 7 heteroatoms. The van der Waals surface area contributed by atoms with Crippen molar-refractivity contribution in [1.29, 1.82) is 0 Å². The minimum Gasteiger partial charge on any atom is -0.370 e. The number of nitrogens with zero attached hydrogens (tertiary/aromatic N) is 3. The Morgan fingerprint density at radius 3 is 2.68 bits per heavy atom. The van der Waals surface area contributed by atoms with Crippen molar-refractivity contribution < 1.29 is 14.3 Å². The van der Waals surface area contributed by atoms with Crippen LogP contribution in [0, 0.1) is 0 Å². The maximum absolute atomic E-state index is 12.4. The number of ether oxygens (including phenoxy) is 1. The number of aromatic nitrogens is 2. The van der Waals surface area contributed by atoms with Crippen LogP contribution in [0.2, 0.25) is 0 Å². The summed E-state index contributed by atoms with van der Waals surface area (Å²) in [5.74, 6) is 0.133. The van der Waals surface area contributed by atoms with Gasteiger partial charge in [-0.05, 0) is 25.7 Å². The summed E-state index contributed by atoms with van der Waals surface area (Å²) in [6.45, 7) is 3.82. The second kappa shape index (κ2) is 6.12. The number of hydrogen-bond acceptors (Lipinski definition) is 4. The molecule has 3 aliphatic rings. The average molecular weight is 346 g/mol. The zero-order valence-electron chi connectivity index (χ0n) is 15.0. The van der Waals surface area contributed by atoms with E-state index in [2.05, 4.69) is 10.4 Å². The Labute approximate surface area is 147 Å². The molecule has 0 radical (unpaired) electrons. The van der Waals surface area contributed by atoms with Crippen molar-refractivity contribution >= 4 is 11.8 Å². The molecule has 1 saturated heterocycles. The summed E-state index contributed by atoms with van der Waals surface area (Å²) in [4.78, 5) is 26.2. The summed E-state index contributed by atoms with van der Waals surface area (Å²) < 4.78 is 8.09. The van der Waals surface area contributed by atoms with Gasteiger partial charge in [-0.15, -0.1) is 0 Å². The van der Waals surface area contributed by atoms with E-state index in [1.165, 1.54) is 0 Å². The highest BCUT2D eigenvalue weighted by atomic mass is 16.5. The normalized spacial score (nSPS) is 21.9. The fraction of sp³-hybridized carbons (Fsp3) is 0.722. The van der Waals surface area contributed by atoms with Gasteiger partial charge in [0.25, 0.3) is 5.91 Å². The van der Waals surface area contributed by atoms with Gasteiger partial charge < -0.3 is 15.0 Å². The Morgan fingerprint density at radius 2 is 2.04 bits per heavy atom. The molecule has 1 spiro atoms. The van der Waals surface area contributed by atoms with Gasteiger partial charge in [0.2, 0.25) is 5.91 Å². The molecule has 25 heavy (non-hydrogen) atoms. The van der Waals surface area contributed by atoms with Gasteiger partial charge >= 0.3 is 0 Å². The van der Waals surface area contributed by atoms with Gasteiger partial charge in [0.05, 0.1) is 12.2 Å². The summed E-state index contributed by atoms with van der Waals surface area (Å²) in [5.41, 5.74) is 2.31. The molecule has 2 aliphatic heterocycles. The molecule has 2 amide bonds. The first kappa shape index (κ1) is 16.6. The first-order valence-electron chi connectivity index (χ1n) is 9.29. The minimum absolute atomic E-state index is 0.0812. The van der Waals surface area contributed by atoms with Gasteiger partial charge in [0, 0.05) is 50.3 Å². The van der Waals surface area contributed by atoms with Crippen LogP contribution in [0.5, 0.6) is 0 Å². The Balaban J connectivity index is 1.49. The number of aryl methyl sites for hydroxylation is 1. The lowest BCUT2D eigenvalue weighted by atomic mass is 9.83. The van der Waals surface area contributed by atoms with E-state index in [-0.39, 0.29) is 17.4 Å². The molecule has 0 aromatic carbocycles. The zero-order valence-corrected chi connectivity index (χ0v) is 15.0. The number of nitrogens with one attached hydrogen (secondary N) is 1. The fourth-order valence-corrected chi connectivity index (χ4v) is 3.93. The van der Waals surface area contributed by atoms with Crippen LogP contribution in [-0.2, 0) is 29.6 Å². The smallest absolute Gasteiger partial charge is 0.272 e. The summed E-state index contributed by atoms with van der Waals surface area (Å²) in [6, 6.07) is 0.321. The lowest BCUT2D eigenvalue weighted by Crippen LogP contribution is -2.50. The van der Waals surface area contributed by atoms with Gasteiger partial charge in [0.1, 0.15) is 0 Å². The van der Waals surface area contributed by atoms with E-state index in [9.17, 15) is 9.59 Å². The zero-order chi connectivity index (χ0) is 17.6. The molecule has 1 aromatic rings. The van der Waals surface area contributed by atoms with Crippen LogP contribution < -0.4 is 5.32 Å². The van der Waals surface area contributed by atoms with Gasteiger partial charge in [-0.2, -0.15) is 5.10 Å². The van der Waals surface area contributed by atoms with Gasteiger partial charge in [-0.3, -0.25) is 14.3 Å². The van der Waals surface area contributed by atoms with Crippen LogP contribution in [0.25, 0.3) is 0 Å². The van der Waals surface area contributed by atoms with Gasteiger partial charge in [-0.25, -0.2) is 0 Å². The third-order valence-electron chi connectivity index (χ3n) is 5.74. The number of carbonyl (C=O) groups excluding carboxylic acids is 2. The van der Waals surface area contributed by atoms with Crippen LogP contribution in [0.4, 0.5) is 0 Å². The first-order valence-corrected chi connectivity index (χ1v) is 9.29. The van der Waals surface area contributed by atoms with Crippen molar-refractivity contribution in [2.45, 2.75) is 63.7 Å². The second-order valence-corrected chi connectivity index (χ2v) is 7.53. The third-order valence-corrected chi connectivity index (χ3v) is 5.74. The van der Waals surface area contributed by atoms with E-state index < -0.39 is 0 Å². The van der Waals surface area contributed by atoms with Crippen LogP contribution in [0.15, 0.2) is 0 Å². The third kappa shape index (κ3) is 3.05. The van der Waals surface area contributed by atoms with Crippen LogP contribution in [0.3, 0.4) is 0 Å². The van der Waals surface area contributed by atoms with E-state index in [0.717, 1.165) is 56.5 Å². The number of carbonyl (C=O) groups is 2. The number of rotatable bonds is 3. The lowest BCUT2D eigenvalue weighted by Gasteiger charge is -2.43. The fourth-order valence-electron chi connectivity index (χ4n) is 3.93. The van der Waals surface area contributed by atoms with E-state index in [4.69, 9.17) is 4.74 Å². The molecule has 7 nitrogen and oxygen atoms in total. The highest BCUT2D eigenvalue weighted by Gasteiger charge is 2.42. The van der Waals surface area contributed by atoms with E-state index >= 15 is 0 Å². The molecular formula is C18H26N4O3. The van der Waals surface area contributed by atoms with Crippen molar-refractivity contribution in [2.24, 2.45) is 7.05 Å². The number of hydrogen-bond donors (Lipinski definition) is 1. The Bertz CT molecular complexity index is 699. The van der Waals surface area contributed by atoms with E-state index in [1.54, 1.807) is 0 Å². The van der Waals surface area contributed by atoms with Crippen LogP contribution in [0.1, 0.15) is 60.8 Å². The molecule has 1 N–H and O–H groups in total. The molecule has 0 unspecified atom stereocenters. The van der Waals surface area contributed by atoms with Crippen molar-refractivity contribution in [2.75, 3.05) is 13.1 Å². The summed E-state index contributed by atoms with van der Waals surface area (Å²) in [7, 11) is 1.90. The maximum atomic E-state index is 12.4. The highest BCUT2D eigenvalue weighted by molar-refractivity contribution is 5.94. The first-order chi connectivity index (χ1) is 12.0. The number of likely N-dealkylation sites (tertiary alicyclic amines) is 1.